The van der Waals surface area contributed by atoms with E-state index in [1.165, 1.54) is 11.9 Å². The number of nitrogens with zero attached hydrogens (tertiary/aromatic N) is 1. The van der Waals surface area contributed by atoms with Crippen molar-refractivity contribution >= 4 is 41.4 Å². The highest BCUT2D eigenvalue weighted by Crippen LogP contribution is 2.45. The van der Waals surface area contributed by atoms with Gasteiger partial charge in [0.2, 0.25) is 23.6 Å². The fourth-order valence-electron chi connectivity index (χ4n) is 6.70. The number of ether oxygens (including phenoxy) is 1. The summed E-state index contributed by atoms with van der Waals surface area (Å²) in [5, 5.41) is 22.7. The Kier molecular flexibility index (Phi) is 17.0. The number of fused-ring (bicyclic) bond motifs is 3. The van der Waals surface area contributed by atoms with Crippen LogP contribution in [0.15, 0.2) is 72.8 Å². The summed E-state index contributed by atoms with van der Waals surface area (Å²) in [5.74, 6) is -2.49. The van der Waals surface area contributed by atoms with Gasteiger partial charge in [0.25, 0.3) is 0 Å². The molecule has 0 saturated carbocycles. The first-order chi connectivity index (χ1) is 27.8. The van der Waals surface area contributed by atoms with E-state index in [4.69, 9.17) is 16.2 Å². The second-order valence-electron chi connectivity index (χ2n) is 14.5. The summed E-state index contributed by atoms with van der Waals surface area (Å²) < 4.78 is 6.04. The van der Waals surface area contributed by atoms with Crippen molar-refractivity contribution in [2.45, 2.75) is 83.2 Å². The van der Waals surface area contributed by atoms with Crippen molar-refractivity contribution in [3.63, 3.8) is 0 Å². The molecule has 0 saturated heterocycles. The van der Waals surface area contributed by atoms with Gasteiger partial charge in [0.15, 0.2) is 6.10 Å². The van der Waals surface area contributed by atoms with E-state index in [-0.39, 0.29) is 38.5 Å². The summed E-state index contributed by atoms with van der Waals surface area (Å²) in [5.41, 5.74) is 15.7. The maximum absolute atomic E-state index is 13.6. The van der Waals surface area contributed by atoms with Crippen LogP contribution < -0.4 is 38.1 Å². The number of benzene rings is 3. The minimum absolute atomic E-state index is 0.0796. The lowest BCUT2D eigenvalue weighted by atomic mass is 10.0. The number of nitrogens with two attached hydrogens (primary N) is 2. The number of rotatable bonds is 21. The Morgan fingerprint density at radius 1 is 0.776 bits per heavy atom. The maximum atomic E-state index is 13.6. The molecule has 0 radical (unpaired) electrons. The molecule has 10 N–H and O–H groups in total. The molecule has 0 aromatic heterocycles. The zero-order valence-electron chi connectivity index (χ0n) is 33.3. The van der Waals surface area contributed by atoms with Gasteiger partial charge in [0, 0.05) is 43.4 Å². The Morgan fingerprint density at radius 2 is 1.41 bits per heavy atom. The lowest BCUT2D eigenvalue weighted by Gasteiger charge is -2.28. The molecule has 3 atom stereocenters. The molecule has 58 heavy (non-hydrogen) atoms. The molecule has 4 rings (SSSR count). The van der Waals surface area contributed by atoms with Crippen molar-refractivity contribution in [3.05, 3.63) is 89.5 Å². The van der Waals surface area contributed by atoms with E-state index in [0.29, 0.717) is 43.5 Å². The average Bonchev–Trinajstić information content (AvgIpc) is 3.52. The molecule has 0 unspecified atom stereocenters. The summed E-state index contributed by atoms with van der Waals surface area (Å²) in [7, 11) is 1.51. The largest absolute Gasteiger partial charge is 0.436 e. The van der Waals surface area contributed by atoms with Gasteiger partial charge >= 0.3 is 12.1 Å². The number of hydrogen-bond acceptors (Lipinski definition) is 9. The number of hydrogen-bond donors (Lipinski definition) is 8. The number of unbranched alkanes of at least 4 members (excludes halogenated alkanes) is 1. The van der Waals surface area contributed by atoms with Crippen LogP contribution in [0, 0.1) is 5.92 Å². The smallest absolute Gasteiger partial charge is 0.411 e. The molecule has 0 aliphatic heterocycles. The van der Waals surface area contributed by atoms with Crippen LogP contribution in [0.5, 0.6) is 0 Å². The molecule has 0 fully saturated rings. The van der Waals surface area contributed by atoms with Crippen molar-refractivity contribution in [3.8, 4) is 11.1 Å². The first-order valence-electron chi connectivity index (χ1n) is 19.6. The fourth-order valence-corrected chi connectivity index (χ4v) is 6.70. The lowest BCUT2D eigenvalue weighted by Crippen LogP contribution is -2.55. The van der Waals surface area contributed by atoms with Gasteiger partial charge in [-0.15, -0.1) is 0 Å². The number of likely N-dealkylation sites (N-methyl/N-ethyl adjacent to an activating group) is 1. The Balaban J connectivity index is 1.35. The van der Waals surface area contributed by atoms with Crippen LogP contribution in [0.1, 0.15) is 75.2 Å². The van der Waals surface area contributed by atoms with Crippen LogP contribution in [0.25, 0.3) is 11.1 Å². The van der Waals surface area contributed by atoms with Gasteiger partial charge in [-0.05, 0) is 73.4 Å². The number of nitrogens with one attached hydrogen (secondary N) is 5. The molecule has 0 heterocycles. The number of amides is 7. The summed E-state index contributed by atoms with van der Waals surface area (Å²) in [6.45, 7) is 3.83. The van der Waals surface area contributed by atoms with E-state index in [1.54, 1.807) is 38.1 Å². The van der Waals surface area contributed by atoms with Gasteiger partial charge in [-0.1, -0.05) is 74.5 Å². The maximum Gasteiger partial charge on any atom is 0.411 e. The SMILES string of the molecule is CC(C)[C@H](NC(=O)CCNC(=O)[C@H](CCCCN)N(C)C(=O)OC1c2ccccc2-c2ccccc21)C(=O)N[C@@H](CCCNC(N)=O)C(=O)Nc1ccc(CO)cc1. The summed E-state index contributed by atoms with van der Waals surface area (Å²) in [6.07, 6.45) is 0.495. The van der Waals surface area contributed by atoms with E-state index >= 15 is 0 Å². The van der Waals surface area contributed by atoms with Crippen LogP contribution in [-0.2, 0) is 30.5 Å². The number of aliphatic hydroxyl groups is 1. The molecule has 1 aliphatic carbocycles. The first kappa shape index (κ1) is 44.7. The lowest BCUT2D eigenvalue weighted by molar-refractivity contribution is -0.132. The third-order valence-electron chi connectivity index (χ3n) is 9.91. The molecule has 3 aromatic rings. The van der Waals surface area contributed by atoms with E-state index in [1.807, 2.05) is 48.5 Å². The van der Waals surface area contributed by atoms with E-state index in [0.717, 1.165) is 22.3 Å². The highest BCUT2D eigenvalue weighted by Gasteiger charge is 2.35. The number of aliphatic hydroxyl groups excluding tert-OH is 1. The molecule has 16 nitrogen and oxygen atoms in total. The number of carbonyl (C=O) groups excluding carboxylic acids is 6. The van der Waals surface area contributed by atoms with Crippen LogP contribution in [-0.4, -0.2) is 90.6 Å². The molecular weight excluding hydrogens is 745 g/mol. The molecular formula is C42H56N8O8. The molecule has 3 aromatic carbocycles. The predicted molar refractivity (Wildman–Crippen MR) is 219 cm³/mol. The summed E-state index contributed by atoms with van der Waals surface area (Å²) >= 11 is 0. The number of urea groups is 1. The topological polar surface area (TPSA) is 247 Å². The molecule has 0 bridgehead atoms. The second kappa shape index (κ2) is 22.1. The van der Waals surface area contributed by atoms with E-state index in [9.17, 15) is 33.9 Å². The summed E-state index contributed by atoms with van der Waals surface area (Å²) in [6, 6.07) is 18.3. The highest BCUT2D eigenvalue weighted by atomic mass is 16.6. The van der Waals surface area contributed by atoms with Gasteiger partial charge in [0.1, 0.15) is 18.1 Å². The Hall–Kier alpha value is -6.00. The fraction of sp³-hybridized carbons (Fsp3) is 0.429. The van der Waals surface area contributed by atoms with Gasteiger partial charge in [0.05, 0.1) is 6.61 Å². The molecule has 0 spiro atoms. The normalized spacial score (nSPS) is 13.3. The third kappa shape index (κ3) is 12.5. The van der Waals surface area contributed by atoms with Gasteiger partial charge < -0.3 is 47.9 Å². The van der Waals surface area contributed by atoms with Gasteiger partial charge in [-0.3, -0.25) is 24.1 Å². The zero-order chi connectivity index (χ0) is 42.2. The molecule has 312 valence electrons. The quantitative estimate of drug-likeness (QED) is 0.0737. The zero-order valence-corrected chi connectivity index (χ0v) is 33.3. The number of carbonyl (C=O) groups is 6. The van der Waals surface area contributed by atoms with Crippen LogP contribution >= 0.6 is 0 Å². The van der Waals surface area contributed by atoms with E-state index in [2.05, 4.69) is 26.6 Å². The van der Waals surface area contributed by atoms with Crippen molar-refractivity contribution in [2.75, 3.05) is 32.0 Å². The molecule has 7 amide bonds. The minimum Gasteiger partial charge on any atom is -0.436 e. The minimum atomic E-state index is -1.03. The second-order valence-corrected chi connectivity index (χ2v) is 14.5. The number of anilines is 1. The van der Waals surface area contributed by atoms with Crippen LogP contribution in [0.3, 0.4) is 0 Å². The van der Waals surface area contributed by atoms with Gasteiger partial charge in [-0.25, -0.2) is 9.59 Å². The monoisotopic (exact) mass is 800 g/mol. The van der Waals surface area contributed by atoms with E-state index < -0.39 is 60.0 Å². The third-order valence-corrected chi connectivity index (χ3v) is 9.91. The first-order valence-corrected chi connectivity index (χ1v) is 19.6. The average molecular weight is 801 g/mol. The highest BCUT2D eigenvalue weighted by molar-refractivity contribution is 5.98. The Morgan fingerprint density at radius 3 is 2.00 bits per heavy atom. The number of primary amides is 1. The van der Waals surface area contributed by atoms with Crippen molar-refractivity contribution < 1.29 is 38.6 Å². The van der Waals surface area contributed by atoms with Crippen molar-refractivity contribution in [1.82, 2.24) is 26.2 Å². The Labute approximate surface area is 338 Å². The van der Waals surface area contributed by atoms with Crippen LogP contribution in [0.4, 0.5) is 15.3 Å². The van der Waals surface area contributed by atoms with Crippen molar-refractivity contribution in [2.24, 2.45) is 17.4 Å². The predicted octanol–water partition coefficient (Wildman–Crippen LogP) is 3.03. The molecule has 16 heteroatoms. The van der Waals surface area contributed by atoms with Gasteiger partial charge in [-0.2, -0.15) is 0 Å². The Bertz CT molecular complexity index is 1840. The molecule has 1 aliphatic rings. The van der Waals surface area contributed by atoms with Crippen molar-refractivity contribution in [1.29, 1.82) is 0 Å². The van der Waals surface area contributed by atoms with Crippen LogP contribution in [0.2, 0.25) is 0 Å². The standard InChI is InChI=1S/C42H56N8O8/c1-26(2)36(40(55)48-33(15-10-23-46-41(44)56)38(53)47-28-19-17-27(25-51)18-20-28)49-35(52)21-24-45-39(54)34(16-8-9-22-43)50(3)42(57)58-37-31-13-6-4-11-29(31)30-12-5-7-14-32(30)37/h4-7,11-14,17-20,26,33-34,36-37,51H,8-10,15-16,21-25,43H2,1-3H3,(H,45,54)(H,47,53)(H,48,55)(H,49,52)(H3,44,46,56)/t33-,34-,36-/m0/s1. The summed E-state index contributed by atoms with van der Waals surface area (Å²) in [4.78, 5) is 79.6.